The fourth-order valence-corrected chi connectivity index (χ4v) is 2.97. The van der Waals surface area contributed by atoms with Crippen LogP contribution in [-0.4, -0.2) is 29.4 Å². The molecule has 1 aromatic carbocycles. The Labute approximate surface area is 126 Å². The SMILES string of the molecule is CC(C)NC1(C#N)CCC(Oc2ccc(CCO)cc2)C1. The van der Waals surface area contributed by atoms with Crippen LogP contribution in [0.4, 0.5) is 0 Å². The van der Waals surface area contributed by atoms with Crippen molar-refractivity contribution < 1.29 is 9.84 Å². The first-order valence-electron chi connectivity index (χ1n) is 7.62. The molecule has 2 atom stereocenters. The van der Waals surface area contributed by atoms with Crippen LogP contribution in [0.5, 0.6) is 5.75 Å². The number of ether oxygens (including phenoxy) is 1. The molecule has 0 spiro atoms. The van der Waals surface area contributed by atoms with Gasteiger partial charge >= 0.3 is 0 Å². The lowest BCUT2D eigenvalue weighted by molar-refractivity contribution is 0.199. The highest BCUT2D eigenvalue weighted by Gasteiger charge is 2.40. The number of hydrogen-bond donors (Lipinski definition) is 2. The number of nitrogens with one attached hydrogen (secondary N) is 1. The fraction of sp³-hybridized carbons (Fsp3) is 0.588. The predicted octanol–water partition coefficient (Wildman–Crippen LogP) is 2.41. The van der Waals surface area contributed by atoms with Gasteiger partial charge in [0.2, 0.25) is 0 Å². The number of aliphatic hydroxyl groups is 1. The summed E-state index contributed by atoms with van der Waals surface area (Å²) in [7, 11) is 0. The Bertz CT molecular complexity index is 493. The third-order valence-corrected chi connectivity index (χ3v) is 3.87. The van der Waals surface area contributed by atoms with E-state index in [1.165, 1.54) is 0 Å². The van der Waals surface area contributed by atoms with Gasteiger partial charge in [-0.1, -0.05) is 12.1 Å². The van der Waals surface area contributed by atoms with Crippen LogP contribution < -0.4 is 10.1 Å². The second-order valence-corrected chi connectivity index (χ2v) is 6.09. The Morgan fingerprint density at radius 3 is 2.71 bits per heavy atom. The minimum Gasteiger partial charge on any atom is -0.490 e. The van der Waals surface area contributed by atoms with E-state index in [2.05, 4.69) is 25.2 Å². The highest BCUT2D eigenvalue weighted by Crippen LogP contribution is 2.33. The van der Waals surface area contributed by atoms with Crippen molar-refractivity contribution >= 4 is 0 Å². The van der Waals surface area contributed by atoms with E-state index < -0.39 is 5.54 Å². The van der Waals surface area contributed by atoms with Crippen molar-refractivity contribution in [2.75, 3.05) is 6.61 Å². The summed E-state index contributed by atoms with van der Waals surface area (Å²) in [5.41, 5.74) is 0.652. The predicted molar refractivity (Wildman–Crippen MR) is 82.1 cm³/mol. The smallest absolute Gasteiger partial charge is 0.119 e. The normalized spacial score (nSPS) is 25.0. The lowest BCUT2D eigenvalue weighted by Gasteiger charge is -2.25. The van der Waals surface area contributed by atoms with Crippen molar-refractivity contribution in [2.24, 2.45) is 0 Å². The molecule has 1 aliphatic rings. The lowest BCUT2D eigenvalue weighted by Crippen LogP contribution is -2.46. The first-order chi connectivity index (χ1) is 10.1. The van der Waals surface area contributed by atoms with Gasteiger partial charge in [0.05, 0.1) is 6.07 Å². The van der Waals surface area contributed by atoms with Gasteiger partial charge in [-0.25, -0.2) is 0 Å². The maximum absolute atomic E-state index is 9.45. The average Bonchev–Trinajstić information content (AvgIpc) is 2.84. The summed E-state index contributed by atoms with van der Waals surface area (Å²) < 4.78 is 5.99. The van der Waals surface area contributed by atoms with Crippen molar-refractivity contribution in [3.8, 4) is 11.8 Å². The molecule has 0 saturated heterocycles. The molecule has 0 radical (unpaired) electrons. The summed E-state index contributed by atoms with van der Waals surface area (Å²) in [5, 5.41) is 21.7. The monoisotopic (exact) mass is 288 g/mol. The van der Waals surface area contributed by atoms with Gasteiger partial charge in [-0.2, -0.15) is 5.26 Å². The van der Waals surface area contributed by atoms with E-state index in [-0.39, 0.29) is 12.7 Å². The third kappa shape index (κ3) is 4.20. The number of nitrogens with zero attached hydrogens (tertiary/aromatic N) is 1. The zero-order chi connectivity index (χ0) is 15.3. The summed E-state index contributed by atoms with van der Waals surface area (Å²) in [6.45, 7) is 4.29. The minimum absolute atomic E-state index is 0.0830. The van der Waals surface area contributed by atoms with Crippen LogP contribution in [0.2, 0.25) is 0 Å². The molecule has 2 unspecified atom stereocenters. The molecular weight excluding hydrogens is 264 g/mol. The molecular formula is C17H24N2O2. The summed E-state index contributed by atoms with van der Waals surface area (Å²) in [6.07, 6.45) is 3.19. The molecule has 0 aliphatic heterocycles. The van der Waals surface area contributed by atoms with Gasteiger partial charge in [0.25, 0.3) is 0 Å². The number of rotatable bonds is 6. The average molecular weight is 288 g/mol. The van der Waals surface area contributed by atoms with E-state index >= 15 is 0 Å². The zero-order valence-corrected chi connectivity index (χ0v) is 12.8. The summed E-state index contributed by atoms with van der Waals surface area (Å²) in [4.78, 5) is 0. The molecule has 2 rings (SSSR count). The molecule has 1 aromatic rings. The van der Waals surface area contributed by atoms with Gasteiger partial charge in [-0.15, -0.1) is 0 Å². The van der Waals surface area contributed by atoms with Crippen molar-refractivity contribution in [1.82, 2.24) is 5.32 Å². The molecule has 2 N–H and O–H groups in total. The quantitative estimate of drug-likeness (QED) is 0.843. The highest BCUT2D eigenvalue weighted by molar-refractivity contribution is 5.28. The van der Waals surface area contributed by atoms with E-state index in [0.29, 0.717) is 12.5 Å². The standard InChI is InChI=1S/C17H24N2O2/c1-13(2)19-17(12-18)9-7-16(11-17)21-15-5-3-14(4-6-15)8-10-20/h3-6,13,16,19-20H,7-11H2,1-2H3. The zero-order valence-electron chi connectivity index (χ0n) is 12.8. The van der Waals surface area contributed by atoms with E-state index in [1.54, 1.807) is 0 Å². The topological polar surface area (TPSA) is 65.3 Å². The van der Waals surface area contributed by atoms with Gasteiger partial charge in [-0.05, 0) is 50.8 Å². The van der Waals surface area contributed by atoms with Crippen molar-refractivity contribution in [3.63, 3.8) is 0 Å². The number of hydrogen-bond acceptors (Lipinski definition) is 4. The van der Waals surface area contributed by atoms with Gasteiger partial charge in [0.15, 0.2) is 0 Å². The molecule has 114 valence electrons. The molecule has 0 aromatic heterocycles. The van der Waals surface area contributed by atoms with Crippen LogP contribution in [-0.2, 0) is 6.42 Å². The van der Waals surface area contributed by atoms with E-state index in [4.69, 9.17) is 9.84 Å². The Kier molecular flexibility index (Phi) is 5.22. The van der Waals surface area contributed by atoms with Gasteiger partial charge in [-0.3, -0.25) is 5.32 Å². The second kappa shape index (κ2) is 6.93. The van der Waals surface area contributed by atoms with Crippen LogP contribution in [0, 0.1) is 11.3 Å². The molecule has 1 fully saturated rings. The first-order valence-corrected chi connectivity index (χ1v) is 7.62. The Morgan fingerprint density at radius 2 is 2.14 bits per heavy atom. The third-order valence-electron chi connectivity index (χ3n) is 3.87. The van der Waals surface area contributed by atoms with Crippen molar-refractivity contribution in [2.45, 2.75) is 57.2 Å². The molecule has 1 aliphatic carbocycles. The molecule has 21 heavy (non-hydrogen) atoms. The van der Waals surface area contributed by atoms with Crippen LogP contribution in [0.1, 0.15) is 38.7 Å². The van der Waals surface area contributed by atoms with E-state index in [9.17, 15) is 5.26 Å². The maximum atomic E-state index is 9.45. The van der Waals surface area contributed by atoms with Crippen molar-refractivity contribution in [3.05, 3.63) is 29.8 Å². The molecule has 4 heteroatoms. The Morgan fingerprint density at radius 1 is 1.43 bits per heavy atom. The van der Waals surface area contributed by atoms with E-state index in [0.717, 1.165) is 30.6 Å². The van der Waals surface area contributed by atoms with Crippen molar-refractivity contribution in [1.29, 1.82) is 5.26 Å². The van der Waals surface area contributed by atoms with Gasteiger partial charge in [0, 0.05) is 19.1 Å². The molecule has 4 nitrogen and oxygen atoms in total. The fourth-order valence-electron chi connectivity index (χ4n) is 2.97. The van der Waals surface area contributed by atoms with Crippen LogP contribution in [0.15, 0.2) is 24.3 Å². The molecule has 1 saturated carbocycles. The molecule has 0 bridgehead atoms. The second-order valence-electron chi connectivity index (χ2n) is 6.09. The summed E-state index contributed by atoms with van der Waals surface area (Å²) in [6, 6.07) is 10.6. The molecule has 0 heterocycles. The lowest BCUT2D eigenvalue weighted by atomic mass is 9.98. The minimum atomic E-state index is -0.449. The van der Waals surface area contributed by atoms with Gasteiger partial charge < -0.3 is 9.84 Å². The number of aliphatic hydroxyl groups excluding tert-OH is 1. The largest absolute Gasteiger partial charge is 0.490 e. The van der Waals surface area contributed by atoms with Crippen LogP contribution in [0.25, 0.3) is 0 Å². The maximum Gasteiger partial charge on any atom is 0.119 e. The summed E-state index contributed by atoms with van der Waals surface area (Å²) >= 11 is 0. The first kappa shape index (κ1) is 15.8. The molecule has 0 amide bonds. The Balaban J connectivity index is 1.94. The Hall–Kier alpha value is -1.57. The van der Waals surface area contributed by atoms with E-state index in [1.807, 2.05) is 24.3 Å². The van der Waals surface area contributed by atoms with Crippen LogP contribution in [0.3, 0.4) is 0 Å². The highest BCUT2D eigenvalue weighted by atomic mass is 16.5. The van der Waals surface area contributed by atoms with Gasteiger partial charge in [0.1, 0.15) is 17.4 Å². The number of nitriles is 1. The summed E-state index contributed by atoms with van der Waals surface area (Å²) in [5.74, 6) is 0.833. The number of benzene rings is 1. The van der Waals surface area contributed by atoms with Crippen LogP contribution >= 0.6 is 0 Å².